The Morgan fingerprint density at radius 3 is 2.67 bits per heavy atom. The van der Waals surface area contributed by atoms with Gasteiger partial charge in [0.05, 0.1) is 17.6 Å². The van der Waals surface area contributed by atoms with E-state index in [4.69, 9.17) is 10.5 Å². The molecule has 0 N–H and O–H groups in total. The van der Waals surface area contributed by atoms with E-state index < -0.39 is 5.82 Å². The van der Waals surface area contributed by atoms with Crippen LogP contribution in [0.1, 0.15) is 25.0 Å². The quantitative estimate of drug-likeness (QED) is 0.801. The maximum atomic E-state index is 13.9. The monoisotopic (exact) mass is 245 g/mol. The summed E-state index contributed by atoms with van der Waals surface area (Å²) in [5, 5.41) is 17.6. The summed E-state index contributed by atoms with van der Waals surface area (Å²) >= 11 is 0. The first-order valence-electron chi connectivity index (χ1n) is 5.91. The second kappa shape index (κ2) is 6.74. The van der Waals surface area contributed by atoms with Gasteiger partial charge in [0.25, 0.3) is 0 Å². The second-order valence-corrected chi connectivity index (χ2v) is 4.25. The molecule has 0 heterocycles. The first-order chi connectivity index (χ1) is 8.62. The summed E-state index contributed by atoms with van der Waals surface area (Å²) in [7, 11) is 0. The molecular weight excluding hydrogens is 229 g/mol. The van der Waals surface area contributed by atoms with E-state index in [2.05, 4.69) is 6.07 Å². The van der Waals surface area contributed by atoms with Crippen molar-refractivity contribution in [2.45, 2.75) is 20.4 Å². The molecule has 0 saturated heterocycles. The lowest BCUT2D eigenvalue weighted by Crippen LogP contribution is -2.28. The minimum Gasteiger partial charge on any atom is -0.298 e. The molecule has 1 aromatic rings. The molecule has 0 aliphatic carbocycles. The molecule has 94 valence electrons. The van der Waals surface area contributed by atoms with Crippen LogP contribution in [-0.2, 0) is 6.54 Å². The molecule has 0 aliphatic heterocycles. The second-order valence-electron chi connectivity index (χ2n) is 4.25. The van der Waals surface area contributed by atoms with Crippen LogP contribution in [0.25, 0.3) is 0 Å². The predicted octanol–water partition coefficient (Wildman–Crippen LogP) is 2.68. The van der Waals surface area contributed by atoms with Crippen LogP contribution >= 0.6 is 0 Å². The van der Waals surface area contributed by atoms with Crippen molar-refractivity contribution in [2.24, 2.45) is 5.92 Å². The third-order valence-corrected chi connectivity index (χ3v) is 2.79. The molecule has 0 fully saturated rings. The number of hydrogen-bond donors (Lipinski definition) is 0. The van der Waals surface area contributed by atoms with Gasteiger partial charge in [0, 0.05) is 18.7 Å². The number of nitrogens with zero attached hydrogens (tertiary/aromatic N) is 3. The molecule has 0 spiro atoms. The summed E-state index contributed by atoms with van der Waals surface area (Å²) in [6.45, 7) is 5.57. The molecule has 1 unspecified atom stereocenters. The fourth-order valence-corrected chi connectivity index (χ4v) is 1.76. The zero-order valence-electron chi connectivity index (χ0n) is 10.7. The van der Waals surface area contributed by atoms with E-state index >= 15 is 0 Å². The van der Waals surface area contributed by atoms with Gasteiger partial charge in [-0.3, -0.25) is 4.90 Å². The number of rotatable bonds is 5. The molecule has 1 atom stereocenters. The van der Waals surface area contributed by atoms with Crippen LogP contribution in [-0.4, -0.2) is 18.0 Å². The van der Waals surface area contributed by atoms with Gasteiger partial charge in [-0.1, -0.05) is 19.1 Å². The Morgan fingerprint density at radius 1 is 1.39 bits per heavy atom. The Balaban J connectivity index is 2.83. The third kappa shape index (κ3) is 3.55. The van der Waals surface area contributed by atoms with E-state index in [0.29, 0.717) is 18.7 Å². The van der Waals surface area contributed by atoms with E-state index in [1.165, 1.54) is 6.07 Å². The first kappa shape index (κ1) is 14.2. The highest BCUT2D eigenvalue weighted by Crippen LogP contribution is 2.15. The molecule has 0 saturated carbocycles. The summed E-state index contributed by atoms with van der Waals surface area (Å²) < 4.78 is 13.9. The van der Waals surface area contributed by atoms with Crippen LogP contribution in [0.2, 0.25) is 0 Å². The van der Waals surface area contributed by atoms with Crippen molar-refractivity contribution in [2.75, 3.05) is 13.1 Å². The smallest absolute Gasteiger partial charge is 0.145 e. The zero-order valence-corrected chi connectivity index (χ0v) is 10.7. The van der Waals surface area contributed by atoms with E-state index in [0.717, 1.165) is 6.54 Å². The van der Waals surface area contributed by atoms with E-state index in [1.807, 2.05) is 24.8 Å². The summed E-state index contributed by atoms with van der Waals surface area (Å²) in [4.78, 5) is 1.99. The maximum Gasteiger partial charge on any atom is 0.145 e. The SMILES string of the molecule is CCN(Cc1cccc(C#N)c1F)CC(C)C#N. The van der Waals surface area contributed by atoms with E-state index in [9.17, 15) is 4.39 Å². The van der Waals surface area contributed by atoms with Gasteiger partial charge in [0.15, 0.2) is 0 Å². The standard InChI is InChI=1S/C14H16FN3/c1-3-18(9-11(2)7-16)10-13-6-4-5-12(8-17)14(13)15/h4-6,11H,3,9-10H2,1-2H3. The van der Waals surface area contributed by atoms with Crippen LogP contribution in [0.4, 0.5) is 4.39 Å². The molecule has 0 aliphatic rings. The third-order valence-electron chi connectivity index (χ3n) is 2.79. The van der Waals surface area contributed by atoms with Crippen LogP contribution in [0.15, 0.2) is 18.2 Å². The topological polar surface area (TPSA) is 50.8 Å². The molecule has 0 amide bonds. The maximum absolute atomic E-state index is 13.9. The van der Waals surface area contributed by atoms with E-state index in [1.54, 1.807) is 12.1 Å². The summed E-state index contributed by atoms with van der Waals surface area (Å²) in [6, 6.07) is 8.82. The molecule has 0 aromatic heterocycles. The van der Waals surface area contributed by atoms with Crippen molar-refractivity contribution in [3.8, 4) is 12.1 Å². The number of hydrogen-bond acceptors (Lipinski definition) is 3. The Bertz CT molecular complexity index is 485. The Kier molecular flexibility index (Phi) is 5.30. The Hall–Kier alpha value is -1.91. The Morgan fingerprint density at radius 2 is 2.11 bits per heavy atom. The summed E-state index contributed by atoms with van der Waals surface area (Å²) in [6.07, 6.45) is 0. The van der Waals surface area contributed by atoms with Crippen LogP contribution in [0, 0.1) is 34.4 Å². The van der Waals surface area contributed by atoms with Gasteiger partial charge in [-0.05, 0) is 19.5 Å². The van der Waals surface area contributed by atoms with Gasteiger partial charge >= 0.3 is 0 Å². The van der Waals surface area contributed by atoms with Gasteiger partial charge in [0.1, 0.15) is 11.9 Å². The Labute approximate surface area is 107 Å². The predicted molar refractivity (Wildman–Crippen MR) is 66.8 cm³/mol. The fraction of sp³-hybridized carbons (Fsp3) is 0.429. The molecular formula is C14H16FN3. The van der Waals surface area contributed by atoms with Gasteiger partial charge in [0.2, 0.25) is 0 Å². The van der Waals surface area contributed by atoms with E-state index in [-0.39, 0.29) is 11.5 Å². The van der Waals surface area contributed by atoms with Crippen molar-refractivity contribution >= 4 is 0 Å². The van der Waals surface area contributed by atoms with Crippen molar-refractivity contribution in [3.05, 3.63) is 35.1 Å². The molecule has 0 radical (unpaired) electrons. The molecule has 3 nitrogen and oxygen atoms in total. The fourth-order valence-electron chi connectivity index (χ4n) is 1.76. The van der Waals surface area contributed by atoms with Crippen LogP contribution < -0.4 is 0 Å². The van der Waals surface area contributed by atoms with Crippen molar-refractivity contribution in [1.82, 2.24) is 4.90 Å². The summed E-state index contributed by atoms with van der Waals surface area (Å²) in [5.74, 6) is -0.546. The average molecular weight is 245 g/mol. The molecule has 1 rings (SSSR count). The molecule has 18 heavy (non-hydrogen) atoms. The van der Waals surface area contributed by atoms with Gasteiger partial charge < -0.3 is 0 Å². The highest BCUT2D eigenvalue weighted by molar-refractivity contribution is 5.34. The lowest BCUT2D eigenvalue weighted by Gasteiger charge is -2.21. The lowest BCUT2D eigenvalue weighted by molar-refractivity contribution is 0.257. The molecule has 1 aromatic carbocycles. The van der Waals surface area contributed by atoms with Crippen LogP contribution in [0.5, 0.6) is 0 Å². The highest BCUT2D eigenvalue weighted by atomic mass is 19.1. The highest BCUT2D eigenvalue weighted by Gasteiger charge is 2.13. The minimum atomic E-state index is -0.455. The molecule has 0 bridgehead atoms. The summed E-state index contributed by atoms with van der Waals surface area (Å²) in [5.41, 5.74) is 0.568. The zero-order chi connectivity index (χ0) is 13.5. The largest absolute Gasteiger partial charge is 0.298 e. The first-order valence-corrected chi connectivity index (χ1v) is 5.91. The minimum absolute atomic E-state index is 0.0666. The number of nitriles is 2. The van der Waals surface area contributed by atoms with Gasteiger partial charge in [-0.2, -0.15) is 10.5 Å². The van der Waals surface area contributed by atoms with Gasteiger partial charge in [-0.25, -0.2) is 4.39 Å². The number of halogens is 1. The van der Waals surface area contributed by atoms with Crippen molar-refractivity contribution < 1.29 is 4.39 Å². The van der Waals surface area contributed by atoms with Crippen molar-refractivity contribution in [3.63, 3.8) is 0 Å². The molecule has 4 heteroatoms. The normalized spacial score (nSPS) is 11.9. The van der Waals surface area contributed by atoms with Crippen molar-refractivity contribution in [1.29, 1.82) is 10.5 Å². The number of benzene rings is 1. The van der Waals surface area contributed by atoms with Crippen LogP contribution in [0.3, 0.4) is 0 Å². The van der Waals surface area contributed by atoms with Gasteiger partial charge in [-0.15, -0.1) is 0 Å². The lowest BCUT2D eigenvalue weighted by atomic mass is 10.1. The average Bonchev–Trinajstić information content (AvgIpc) is 2.39.